The van der Waals surface area contributed by atoms with Crippen LogP contribution in [0.3, 0.4) is 0 Å². The Morgan fingerprint density at radius 2 is 0.593 bits per heavy atom. The van der Waals surface area contributed by atoms with E-state index in [0.29, 0.717) is 0 Å². The molecule has 14 aromatic carbocycles. The Morgan fingerprint density at radius 1 is 0.235 bits per heavy atom. The molecule has 81 heavy (non-hydrogen) atoms. The molecule has 4 nitrogen and oxygen atoms in total. The number of hydrogen-bond donors (Lipinski definition) is 1. The lowest BCUT2D eigenvalue weighted by Gasteiger charge is -2.13. The van der Waals surface area contributed by atoms with Crippen LogP contribution in [0.4, 0.5) is 0 Å². The van der Waals surface area contributed by atoms with E-state index in [0.717, 1.165) is 4.47 Å². The van der Waals surface area contributed by atoms with Crippen LogP contribution in [0, 0.1) is 0 Å². The number of rotatable bonds is 3. The van der Waals surface area contributed by atoms with Crippen LogP contribution in [0.2, 0.25) is 0 Å². The van der Waals surface area contributed by atoms with E-state index in [2.05, 4.69) is 295 Å². The number of nitrogens with one attached hydrogen (secondary N) is 1. The maximum Gasteiger partial charge on any atom is 0.0627 e. The van der Waals surface area contributed by atoms with Gasteiger partial charge in [-0.25, -0.2) is 0 Å². The van der Waals surface area contributed by atoms with Gasteiger partial charge in [-0.1, -0.05) is 246 Å². The highest BCUT2D eigenvalue weighted by Gasteiger charge is 2.26. The molecule has 4 heterocycles. The summed E-state index contributed by atoms with van der Waals surface area (Å²) in [4.78, 5) is 3.75. The van der Waals surface area contributed by atoms with Gasteiger partial charge in [0.15, 0.2) is 0 Å². The normalized spacial score (nSPS) is 11.8. The van der Waals surface area contributed by atoms with Gasteiger partial charge in [-0.05, 0) is 71.4 Å². The highest BCUT2D eigenvalue weighted by atomic mass is 79.9. The average Bonchev–Trinajstić information content (AvgIpc) is 2.78. The molecule has 0 aliphatic carbocycles. The van der Waals surface area contributed by atoms with Crippen LogP contribution in [0.5, 0.6) is 0 Å². The first-order valence-electron chi connectivity index (χ1n) is 27.6. The Balaban J connectivity index is 0.000000121. The van der Waals surface area contributed by atoms with Gasteiger partial charge < -0.3 is 18.7 Å². The minimum Gasteiger partial charge on any atom is -0.354 e. The highest BCUT2D eigenvalue weighted by Crippen LogP contribution is 2.49. The fourth-order valence-electron chi connectivity index (χ4n) is 13.2. The molecule has 0 spiro atoms. The zero-order chi connectivity index (χ0) is 53.5. The summed E-state index contributed by atoms with van der Waals surface area (Å²) in [6, 6.07) is 104. The molecule has 0 radical (unpaired) electrons. The maximum absolute atomic E-state index is 3.75. The van der Waals surface area contributed by atoms with Crippen LogP contribution in [0.25, 0.3) is 147 Å². The molecule has 5 heteroatoms. The second-order valence-corrected chi connectivity index (χ2v) is 21.8. The predicted octanol–water partition coefficient (Wildman–Crippen LogP) is 21.4. The molecule has 380 valence electrons. The van der Waals surface area contributed by atoms with Gasteiger partial charge in [-0.15, -0.1) is 0 Å². The Bertz CT molecular complexity index is 5460. The van der Waals surface area contributed by atoms with Crippen molar-refractivity contribution in [1.29, 1.82) is 0 Å². The van der Waals surface area contributed by atoms with Gasteiger partial charge in [0.25, 0.3) is 0 Å². The Kier molecular flexibility index (Phi) is 11.0. The summed E-state index contributed by atoms with van der Waals surface area (Å²) >= 11 is 3.31. The van der Waals surface area contributed by atoms with E-state index < -0.39 is 0 Å². The molecule has 0 bridgehead atoms. The first-order chi connectivity index (χ1) is 40.2. The second kappa shape index (κ2) is 19.0. The number of halogens is 1. The standard InChI is InChI=1S/C38H24N2.C32H20N2.C6H5Br/c1-3-14-26(15-4-1)39-33-22-12-11-21-31(33)34-35-32-24-23-25-13-7-8-18-28(25)36(32)40(27-16-5-2-6-17-27)38(35)30-20-10-9-19-29(30)37(34)39;1-2-11-21(12-3-1)34-31-22-13-5-4-10-20(22)18-19-26(31)29-28-25-16-8-9-17-27(25)33-30(28)23-14-6-7-15-24(23)32(29)34;7-6-4-2-1-3-5-6/h1-24H;1-19,33H;1-5H. The number of para-hydroxylation sites is 5. The predicted molar refractivity (Wildman–Crippen MR) is 349 cm³/mol. The quantitative estimate of drug-likeness (QED) is 0.183. The summed E-state index contributed by atoms with van der Waals surface area (Å²) in [7, 11) is 0. The van der Waals surface area contributed by atoms with E-state index in [1.54, 1.807) is 0 Å². The molecule has 0 saturated carbocycles. The first kappa shape index (κ1) is 46.9. The van der Waals surface area contributed by atoms with Crippen molar-refractivity contribution in [3.8, 4) is 17.1 Å². The zero-order valence-electron chi connectivity index (χ0n) is 43.9. The molecule has 0 aliphatic rings. The molecular formula is C76H49BrN4. The van der Waals surface area contributed by atoms with Gasteiger partial charge >= 0.3 is 0 Å². The third-order valence-corrected chi connectivity index (χ3v) is 17.0. The van der Waals surface area contributed by atoms with E-state index in [-0.39, 0.29) is 0 Å². The number of aromatic amines is 1. The van der Waals surface area contributed by atoms with Gasteiger partial charge in [0, 0.05) is 102 Å². The van der Waals surface area contributed by atoms with Crippen molar-refractivity contribution in [3.63, 3.8) is 0 Å². The third kappa shape index (κ3) is 7.29. The number of benzene rings is 14. The van der Waals surface area contributed by atoms with Crippen molar-refractivity contribution in [2.45, 2.75) is 0 Å². The van der Waals surface area contributed by atoms with Gasteiger partial charge in [-0.3, -0.25) is 0 Å². The lowest BCUT2D eigenvalue weighted by Crippen LogP contribution is -1.96. The summed E-state index contributed by atoms with van der Waals surface area (Å²) in [5, 5.41) is 20.4. The van der Waals surface area contributed by atoms with Crippen molar-refractivity contribution in [1.82, 2.24) is 18.7 Å². The number of H-pyrrole nitrogens is 1. The van der Waals surface area contributed by atoms with E-state index in [1.165, 1.54) is 147 Å². The molecule has 1 N–H and O–H groups in total. The molecule has 0 aliphatic heterocycles. The lowest BCUT2D eigenvalue weighted by atomic mass is 9.98. The second-order valence-electron chi connectivity index (χ2n) is 20.9. The number of nitrogens with zero attached hydrogens (tertiary/aromatic N) is 3. The van der Waals surface area contributed by atoms with E-state index in [1.807, 2.05) is 30.3 Å². The summed E-state index contributed by atoms with van der Waals surface area (Å²) < 4.78 is 8.58. The largest absolute Gasteiger partial charge is 0.354 e. The molecule has 0 fully saturated rings. The number of aromatic nitrogens is 4. The summed E-state index contributed by atoms with van der Waals surface area (Å²) in [5.41, 5.74) is 13.5. The molecule has 0 unspecified atom stereocenters. The van der Waals surface area contributed by atoms with E-state index >= 15 is 0 Å². The third-order valence-electron chi connectivity index (χ3n) is 16.5. The monoisotopic (exact) mass is 1100 g/mol. The first-order valence-corrected chi connectivity index (χ1v) is 28.4. The van der Waals surface area contributed by atoms with Gasteiger partial charge in [0.2, 0.25) is 0 Å². The molecular weight excluding hydrogens is 1050 g/mol. The smallest absolute Gasteiger partial charge is 0.0627 e. The molecule has 18 rings (SSSR count). The van der Waals surface area contributed by atoms with E-state index in [4.69, 9.17) is 0 Å². The fourth-order valence-corrected chi connectivity index (χ4v) is 13.5. The van der Waals surface area contributed by atoms with Crippen molar-refractivity contribution in [2.75, 3.05) is 0 Å². The Hall–Kier alpha value is -10.2. The zero-order valence-corrected chi connectivity index (χ0v) is 45.5. The minimum atomic E-state index is 1.13. The Labute approximate surface area is 474 Å². The van der Waals surface area contributed by atoms with Crippen molar-refractivity contribution >= 4 is 146 Å². The summed E-state index contributed by atoms with van der Waals surface area (Å²) in [5.74, 6) is 0. The van der Waals surface area contributed by atoms with Crippen LogP contribution in [-0.2, 0) is 0 Å². The van der Waals surface area contributed by atoms with Crippen molar-refractivity contribution in [2.24, 2.45) is 0 Å². The van der Waals surface area contributed by atoms with Crippen LogP contribution in [-0.4, -0.2) is 18.7 Å². The summed E-state index contributed by atoms with van der Waals surface area (Å²) in [6.45, 7) is 0. The Morgan fingerprint density at radius 3 is 1.10 bits per heavy atom. The van der Waals surface area contributed by atoms with E-state index in [9.17, 15) is 0 Å². The number of fused-ring (bicyclic) bond motifs is 24. The van der Waals surface area contributed by atoms with Gasteiger partial charge in [-0.2, -0.15) is 0 Å². The molecule has 0 amide bonds. The molecule has 18 aromatic rings. The fraction of sp³-hybridized carbons (Fsp3) is 0. The van der Waals surface area contributed by atoms with Crippen LogP contribution in [0.1, 0.15) is 0 Å². The summed E-state index contributed by atoms with van der Waals surface area (Å²) in [6.07, 6.45) is 0. The number of hydrogen-bond acceptors (Lipinski definition) is 0. The molecule has 0 saturated heterocycles. The SMILES string of the molecule is Brc1ccccc1.c1ccc(-n2c3c4ccccc4ccc3c3c4c5ccccc5[nH]c4c4ccccc4c32)cc1.c1ccc(-n2c3ccccc3c3c4c5ccc6ccccc6c5n(-c5ccccc5)c4c4ccccc4c32)cc1. The van der Waals surface area contributed by atoms with Crippen LogP contribution in [0.15, 0.2) is 296 Å². The lowest BCUT2D eigenvalue weighted by molar-refractivity contribution is 1.18. The molecule has 0 atom stereocenters. The van der Waals surface area contributed by atoms with Crippen LogP contribution >= 0.6 is 15.9 Å². The highest BCUT2D eigenvalue weighted by molar-refractivity contribution is 9.10. The topological polar surface area (TPSA) is 30.6 Å². The average molecular weight is 1100 g/mol. The van der Waals surface area contributed by atoms with Gasteiger partial charge in [0.1, 0.15) is 0 Å². The van der Waals surface area contributed by atoms with Crippen molar-refractivity contribution < 1.29 is 0 Å². The minimum absolute atomic E-state index is 1.13. The van der Waals surface area contributed by atoms with Crippen LogP contribution < -0.4 is 0 Å². The van der Waals surface area contributed by atoms with Crippen molar-refractivity contribution in [3.05, 3.63) is 296 Å². The maximum atomic E-state index is 3.75. The van der Waals surface area contributed by atoms with Gasteiger partial charge in [0.05, 0.1) is 38.6 Å². The molecule has 4 aromatic heterocycles.